The highest BCUT2D eigenvalue weighted by molar-refractivity contribution is 5.75. The van der Waals surface area contributed by atoms with Gasteiger partial charge in [0.15, 0.2) is 5.82 Å². The molecule has 3 aromatic heterocycles. The van der Waals surface area contributed by atoms with E-state index in [0.717, 1.165) is 0 Å². The number of nitrogens with one attached hydrogen (secondary N) is 2. The highest BCUT2D eigenvalue weighted by Crippen LogP contribution is 2.16. The zero-order valence-electron chi connectivity index (χ0n) is 15.7. The van der Waals surface area contributed by atoms with Gasteiger partial charge in [-0.1, -0.05) is 0 Å². The number of benzene rings is 1. The average Bonchev–Trinajstić information content (AvgIpc) is 3.31. The Morgan fingerprint density at radius 3 is 2.61 bits per heavy atom. The lowest BCUT2D eigenvalue weighted by molar-refractivity contribution is -0.192. The van der Waals surface area contributed by atoms with Crippen LogP contribution in [-0.2, 0) is 18.4 Å². The van der Waals surface area contributed by atoms with E-state index in [2.05, 4.69) is 35.3 Å². The third-order valence-electron chi connectivity index (χ3n) is 3.75. The van der Waals surface area contributed by atoms with Crippen LogP contribution < -0.4 is 5.32 Å². The Balaban J connectivity index is 0.000000339. The van der Waals surface area contributed by atoms with Gasteiger partial charge in [-0.25, -0.2) is 33.8 Å². The van der Waals surface area contributed by atoms with Crippen LogP contribution in [0.15, 0.2) is 36.8 Å². The fourth-order valence-corrected chi connectivity index (χ4v) is 2.38. The van der Waals surface area contributed by atoms with Crippen molar-refractivity contribution in [3.8, 4) is 11.5 Å². The second kappa shape index (κ2) is 8.73. The molecule has 31 heavy (non-hydrogen) atoms. The van der Waals surface area contributed by atoms with Crippen molar-refractivity contribution in [3.63, 3.8) is 0 Å². The van der Waals surface area contributed by atoms with Gasteiger partial charge in [0.2, 0.25) is 5.95 Å². The van der Waals surface area contributed by atoms with E-state index in [1.807, 2.05) is 0 Å². The van der Waals surface area contributed by atoms with E-state index in [9.17, 15) is 17.6 Å². The predicted octanol–water partition coefficient (Wildman–Crippen LogP) is 2.53. The quantitative estimate of drug-likeness (QED) is 0.414. The summed E-state index contributed by atoms with van der Waals surface area (Å²) in [7, 11) is 1.80. The normalized spacial score (nSPS) is 11.1. The summed E-state index contributed by atoms with van der Waals surface area (Å²) >= 11 is 0. The van der Waals surface area contributed by atoms with E-state index in [0.29, 0.717) is 40.9 Å². The first-order chi connectivity index (χ1) is 14.6. The van der Waals surface area contributed by atoms with Crippen molar-refractivity contribution in [1.29, 1.82) is 0 Å². The smallest absolute Gasteiger partial charge is 0.475 e. The molecule has 0 bridgehead atoms. The third kappa shape index (κ3) is 5.49. The molecule has 0 saturated heterocycles. The van der Waals surface area contributed by atoms with Gasteiger partial charge in [0.1, 0.15) is 23.7 Å². The van der Waals surface area contributed by atoms with Crippen molar-refractivity contribution in [2.75, 3.05) is 5.32 Å². The largest absolute Gasteiger partial charge is 0.490 e. The first kappa shape index (κ1) is 21.6. The van der Waals surface area contributed by atoms with Gasteiger partial charge in [0, 0.05) is 13.2 Å². The Kier molecular flexibility index (Phi) is 6.08. The van der Waals surface area contributed by atoms with Crippen LogP contribution in [0.4, 0.5) is 23.5 Å². The van der Waals surface area contributed by atoms with Gasteiger partial charge in [-0.05, 0) is 24.3 Å². The number of imidazole rings is 1. The average molecular weight is 438 g/mol. The number of halogens is 4. The monoisotopic (exact) mass is 438 g/mol. The van der Waals surface area contributed by atoms with Gasteiger partial charge < -0.3 is 15.4 Å². The lowest BCUT2D eigenvalue weighted by atomic mass is 10.3. The number of aromatic amines is 1. The molecule has 0 aliphatic carbocycles. The zero-order valence-corrected chi connectivity index (χ0v) is 15.7. The van der Waals surface area contributed by atoms with Gasteiger partial charge in [-0.2, -0.15) is 18.3 Å². The molecule has 14 heteroatoms. The van der Waals surface area contributed by atoms with Crippen molar-refractivity contribution in [2.45, 2.75) is 12.7 Å². The Hall–Kier alpha value is -4.10. The van der Waals surface area contributed by atoms with Crippen molar-refractivity contribution >= 4 is 23.0 Å². The molecule has 3 heterocycles. The number of aliphatic carboxylic acids is 1. The standard InChI is InChI=1S/C15H13FN8.C2HF3O2/c1-24-14(19-8-20-24)11-4-5-17-15(23-11)18-7-13-21-10-3-2-9(16)6-12(10)22-13;3-2(4,5)1(6)7/h2-6,8H,7H2,1H3,(H,21,22)(H,17,18,23);(H,6,7). The summed E-state index contributed by atoms with van der Waals surface area (Å²) < 4.78 is 46.6. The van der Waals surface area contributed by atoms with E-state index in [1.165, 1.54) is 18.5 Å². The summed E-state index contributed by atoms with van der Waals surface area (Å²) in [5.41, 5.74) is 2.03. The molecule has 0 amide bonds. The highest BCUT2D eigenvalue weighted by atomic mass is 19.4. The first-order valence-electron chi connectivity index (χ1n) is 8.49. The molecule has 4 rings (SSSR count). The van der Waals surface area contributed by atoms with Gasteiger partial charge >= 0.3 is 12.1 Å². The molecule has 1 aromatic carbocycles. The molecule has 0 atom stereocenters. The number of aromatic nitrogens is 7. The first-order valence-corrected chi connectivity index (χ1v) is 8.49. The number of hydrogen-bond acceptors (Lipinski definition) is 7. The van der Waals surface area contributed by atoms with Crippen molar-refractivity contribution < 1.29 is 27.5 Å². The maximum atomic E-state index is 13.2. The summed E-state index contributed by atoms with van der Waals surface area (Å²) in [5, 5.41) is 14.2. The summed E-state index contributed by atoms with van der Waals surface area (Å²) in [6, 6.07) is 6.19. The number of carbonyl (C=O) groups is 1. The Bertz CT molecular complexity index is 1200. The maximum absolute atomic E-state index is 13.2. The lowest BCUT2D eigenvalue weighted by Crippen LogP contribution is -2.21. The fraction of sp³-hybridized carbons (Fsp3) is 0.176. The summed E-state index contributed by atoms with van der Waals surface area (Å²) in [6.45, 7) is 0.387. The molecule has 0 radical (unpaired) electrons. The van der Waals surface area contributed by atoms with Crippen LogP contribution >= 0.6 is 0 Å². The molecular formula is C17H14F4N8O2. The minimum absolute atomic E-state index is 0.301. The number of anilines is 1. The summed E-state index contributed by atoms with van der Waals surface area (Å²) in [4.78, 5) is 29.1. The molecule has 162 valence electrons. The molecule has 0 spiro atoms. The number of alkyl halides is 3. The minimum atomic E-state index is -5.08. The van der Waals surface area contributed by atoms with E-state index in [1.54, 1.807) is 30.1 Å². The molecule has 3 N–H and O–H groups in total. The van der Waals surface area contributed by atoms with Crippen LogP contribution in [0.1, 0.15) is 5.82 Å². The number of aryl methyl sites for hydroxylation is 1. The molecule has 0 unspecified atom stereocenters. The summed E-state index contributed by atoms with van der Waals surface area (Å²) in [6.07, 6.45) is -1.97. The van der Waals surface area contributed by atoms with Crippen LogP contribution in [-0.4, -0.2) is 52.0 Å². The van der Waals surface area contributed by atoms with E-state index in [4.69, 9.17) is 9.90 Å². The number of nitrogens with zero attached hydrogens (tertiary/aromatic N) is 6. The lowest BCUT2D eigenvalue weighted by Gasteiger charge is -2.04. The van der Waals surface area contributed by atoms with E-state index in [-0.39, 0.29) is 5.82 Å². The fourth-order valence-electron chi connectivity index (χ4n) is 2.38. The van der Waals surface area contributed by atoms with E-state index >= 15 is 0 Å². The van der Waals surface area contributed by atoms with E-state index < -0.39 is 12.1 Å². The van der Waals surface area contributed by atoms with Gasteiger partial charge in [-0.15, -0.1) is 0 Å². The van der Waals surface area contributed by atoms with Gasteiger partial charge in [-0.3, -0.25) is 0 Å². The number of hydrogen-bond donors (Lipinski definition) is 3. The molecule has 4 aromatic rings. The predicted molar refractivity (Wildman–Crippen MR) is 99.1 cm³/mol. The van der Waals surface area contributed by atoms with Crippen molar-refractivity contribution in [2.24, 2.45) is 7.05 Å². The van der Waals surface area contributed by atoms with Crippen LogP contribution in [0.3, 0.4) is 0 Å². The molecule has 0 fully saturated rings. The molecule has 10 nitrogen and oxygen atoms in total. The van der Waals surface area contributed by atoms with Crippen molar-refractivity contribution in [3.05, 3.63) is 48.4 Å². The van der Waals surface area contributed by atoms with Crippen LogP contribution in [0.5, 0.6) is 0 Å². The highest BCUT2D eigenvalue weighted by Gasteiger charge is 2.38. The molecule has 0 saturated carbocycles. The SMILES string of the molecule is Cn1ncnc1-c1ccnc(NCc2nc3ccc(F)cc3[nH]2)n1.O=C(O)C(F)(F)F. The molecule has 0 aliphatic rings. The maximum Gasteiger partial charge on any atom is 0.490 e. The second-order valence-corrected chi connectivity index (χ2v) is 5.97. The Morgan fingerprint density at radius 1 is 1.23 bits per heavy atom. The summed E-state index contributed by atoms with van der Waals surface area (Å²) in [5.74, 6) is -1.29. The van der Waals surface area contributed by atoms with Crippen LogP contribution in [0, 0.1) is 5.82 Å². The number of rotatable bonds is 4. The van der Waals surface area contributed by atoms with Gasteiger partial charge in [0.05, 0.1) is 17.6 Å². The zero-order chi connectivity index (χ0) is 22.6. The molecular weight excluding hydrogens is 424 g/mol. The third-order valence-corrected chi connectivity index (χ3v) is 3.75. The van der Waals surface area contributed by atoms with Crippen LogP contribution in [0.2, 0.25) is 0 Å². The Labute approximate surface area is 171 Å². The topological polar surface area (TPSA) is 134 Å². The Morgan fingerprint density at radius 2 is 1.97 bits per heavy atom. The number of carboxylic acids is 1. The number of carboxylic acid groups (broad SMARTS) is 1. The van der Waals surface area contributed by atoms with Crippen LogP contribution in [0.25, 0.3) is 22.6 Å². The molecule has 0 aliphatic heterocycles. The number of H-pyrrole nitrogens is 1. The second-order valence-electron chi connectivity index (χ2n) is 5.97. The van der Waals surface area contributed by atoms with Gasteiger partial charge in [0.25, 0.3) is 0 Å². The number of fused-ring (bicyclic) bond motifs is 1. The minimum Gasteiger partial charge on any atom is -0.475 e. The van der Waals surface area contributed by atoms with Crippen molar-refractivity contribution in [1.82, 2.24) is 34.7 Å².